The molecule has 0 spiro atoms. The van der Waals surface area contributed by atoms with Crippen LogP contribution in [0.3, 0.4) is 0 Å². The zero-order chi connectivity index (χ0) is 10.7. The molecule has 0 saturated heterocycles. The number of rotatable bonds is 5. The van der Waals surface area contributed by atoms with Crippen LogP contribution in [0.2, 0.25) is 0 Å². The van der Waals surface area contributed by atoms with Gasteiger partial charge in [-0.15, -0.1) is 3.71 Å². The maximum Gasteiger partial charge on any atom is 0.250 e. The lowest BCUT2D eigenvalue weighted by atomic mass is 11.0. The molecule has 0 unspecified atom stereocenters. The third kappa shape index (κ3) is 2.66. The number of carbonyl (C=O) groups is 1. The van der Waals surface area contributed by atoms with Crippen molar-refractivity contribution in [2.75, 3.05) is 11.5 Å². The van der Waals surface area contributed by atoms with E-state index in [1.165, 1.54) is 13.8 Å². The Bertz CT molecular complexity index is 334. The monoisotopic (exact) mass is 229 g/mol. The topological polar surface area (TPSA) is 88.6 Å². The fourth-order valence-electron chi connectivity index (χ4n) is 0.559. The maximum atomic E-state index is 11.1. The molecule has 13 heavy (non-hydrogen) atoms. The number of sulfonamides is 2. The van der Waals surface area contributed by atoms with E-state index in [0.29, 0.717) is 0 Å². The minimum Gasteiger partial charge on any atom is -0.276 e. The van der Waals surface area contributed by atoms with Crippen molar-refractivity contribution in [1.82, 2.24) is 3.71 Å². The SMILES string of the molecule is CCS(=O)(=O)N(C=O)S(=O)(=O)CC. The zero-order valence-electron chi connectivity index (χ0n) is 7.30. The molecule has 0 aromatic heterocycles. The maximum absolute atomic E-state index is 11.1. The summed E-state index contributed by atoms with van der Waals surface area (Å²) < 4.78 is 44.1. The normalized spacial score (nSPS) is 12.5. The molecule has 0 aromatic carbocycles. The van der Waals surface area contributed by atoms with Gasteiger partial charge in [0.05, 0.1) is 11.5 Å². The van der Waals surface area contributed by atoms with E-state index in [1.54, 1.807) is 0 Å². The molecule has 0 saturated carbocycles. The standard InChI is InChI=1S/C5H11NO5S2/c1-3-12(8,9)6(5-7)13(10,11)4-2/h5H,3-4H2,1-2H3. The van der Waals surface area contributed by atoms with Gasteiger partial charge in [-0.1, -0.05) is 0 Å². The van der Waals surface area contributed by atoms with Gasteiger partial charge in [-0.2, -0.15) is 0 Å². The van der Waals surface area contributed by atoms with E-state index in [0.717, 1.165) is 0 Å². The highest BCUT2D eigenvalue weighted by Crippen LogP contribution is 2.06. The number of carbonyl (C=O) groups excluding carboxylic acids is 1. The molecule has 0 heterocycles. The van der Waals surface area contributed by atoms with Gasteiger partial charge >= 0.3 is 0 Å². The fourth-order valence-corrected chi connectivity index (χ4v) is 3.35. The minimum absolute atomic E-state index is 0.125. The molecule has 8 heteroatoms. The summed E-state index contributed by atoms with van der Waals surface area (Å²) in [6.07, 6.45) is -0.197. The third-order valence-corrected chi connectivity index (χ3v) is 5.45. The summed E-state index contributed by atoms with van der Waals surface area (Å²) >= 11 is 0. The van der Waals surface area contributed by atoms with Crippen molar-refractivity contribution in [3.05, 3.63) is 0 Å². The van der Waals surface area contributed by atoms with Crippen molar-refractivity contribution in [2.45, 2.75) is 13.8 Å². The Morgan fingerprint density at radius 1 is 1.00 bits per heavy atom. The first kappa shape index (κ1) is 12.4. The second-order valence-corrected chi connectivity index (χ2v) is 6.63. The lowest BCUT2D eigenvalue weighted by molar-refractivity contribution is -0.111. The Labute approximate surface area is 77.6 Å². The van der Waals surface area contributed by atoms with Gasteiger partial charge in [0, 0.05) is 0 Å². The average molecular weight is 229 g/mol. The molecule has 0 fully saturated rings. The van der Waals surface area contributed by atoms with E-state index in [1.807, 2.05) is 0 Å². The van der Waals surface area contributed by atoms with Crippen LogP contribution >= 0.6 is 0 Å². The van der Waals surface area contributed by atoms with Gasteiger partial charge < -0.3 is 0 Å². The summed E-state index contributed by atoms with van der Waals surface area (Å²) in [7, 11) is -8.01. The van der Waals surface area contributed by atoms with Crippen LogP contribution in [0.4, 0.5) is 0 Å². The largest absolute Gasteiger partial charge is 0.276 e. The second-order valence-electron chi connectivity index (χ2n) is 2.13. The van der Waals surface area contributed by atoms with Crippen LogP contribution < -0.4 is 0 Å². The summed E-state index contributed by atoms with van der Waals surface area (Å²) in [4.78, 5) is 10.3. The first-order valence-electron chi connectivity index (χ1n) is 3.52. The lowest BCUT2D eigenvalue weighted by Crippen LogP contribution is -2.37. The predicted molar refractivity (Wildman–Crippen MR) is 46.8 cm³/mol. The van der Waals surface area contributed by atoms with Gasteiger partial charge in [0.1, 0.15) is 0 Å². The molecule has 1 amide bonds. The number of hydrogen-bond acceptors (Lipinski definition) is 5. The minimum atomic E-state index is -4.00. The quantitative estimate of drug-likeness (QED) is 0.572. The molecular weight excluding hydrogens is 218 g/mol. The van der Waals surface area contributed by atoms with Gasteiger partial charge in [0.25, 0.3) is 0 Å². The Balaban J connectivity index is 5.30. The number of nitrogens with zero attached hydrogens (tertiary/aromatic N) is 1. The fraction of sp³-hybridized carbons (Fsp3) is 0.800. The van der Waals surface area contributed by atoms with Crippen LogP contribution in [-0.2, 0) is 24.8 Å². The third-order valence-electron chi connectivity index (χ3n) is 1.36. The molecule has 0 aromatic rings. The van der Waals surface area contributed by atoms with Crippen LogP contribution in [0.15, 0.2) is 0 Å². The molecule has 0 rings (SSSR count). The van der Waals surface area contributed by atoms with Crippen molar-refractivity contribution in [2.24, 2.45) is 0 Å². The molecule has 0 radical (unpaired) electrons. The Hall–Kier alpha value is -0.630. The van der Waals surface area contributed by atoms with Gasteiger partial charge in [0.2, 0.25) is 26.5 Å². The molecule has 0 aliphatic carbocycles. The summed E-state index contributed by atoms with van der Waals surface area (Å²) in [6, 6.07) is 0. The van der Waals surface area contributed by atoms with Crippen molar-refractivity contribution in [3.8, 4) is 0 Å². The molecule has 0 aliphatic heterocycles. The predicted octanol–water partition coefficient (Wildman–Crippen LogP) is -0.856. The molecule has 0 N–H and O–H groups in total. The van der Waals surface area contributed by atoms with E-state index in [2.05, 4.69) is 0 Å². The molecular formula is C5H11NO5S2. The van der Waals surface area contributed by atoms with Crippen molar-refractivity contribution < 1.29 is 21.6 Å². The first-order valence-corrected chi connectivity index (χ1v) is 6.74. The first-order chi connectivity index (χ1) is 5.81. The highest BCUT2D eigenvalue weighted by molar-refractivity contribution is 8.04. The Kier molecular flexibility index (Phi) is 3.86. The smallest absolute Gasteiger partial charge is 0.250 e. The van der Waals surface area contributed by atoms with Crippen LogP contribution in [0.25, 0.3) is 0 Å². The molecule has 0 aliphatic rings. The van der Waals surface area contributed by atoms with Crippen molar-refractivity contribution in [3.63, 3.8) is 0 Å². The Morgan fingerprint density at radius 2 is 1.31 bits per heavy atom. The summed E-state index contributed by atoms with van der Waals surface area (Å²) in [6.45, 7) is 2.52. The number of amides is 1. The van der Waals surface area contributed by atoms with E-state index < -0.39 is 31.6 Å². The van der Waals surface area contributed by atoms with Gasteiger partial charge in [-0.3, -0.25) is 4.79 Å². The Morgan fingerprint density at radius 3 is 1.46 bits per heavy atom. The molecule has 0 atom stereocenters. The summed E-state index contributed by atoms with van der Waals surface area (Å²) in [5.41, 5.74) is 0. The van der Waals surface area contributed by atoms with Crippen LogP contribution in [0, 0.1) is 0 Å². The van der Waals surface area contributed by atoms with E-state index >= 15 is 0 Å². The van der Waals surface area contributed by atoms with Crippen LogP contribution in [-0.4, -0.2) is 38.5 Å². The van der Waals surface area contributed by atoms with Gasteiger partial charge in [-0.25, -0.2) is 16.8 Å². The van der Waals surface area contributed by atoms with E-state index in [-0.39, 0.29) is 10.1 Å². The highest BCUT2D eigenvalue weighted by atomic mass is 32.3. The van der Waals surface area contributed by atoms with Crippen molar-refractivity contribution in [1.29, 1.82) is 0 Å². The van der Waals surface area contributed by atoms with E-state index in [4.69, 9.17) is 0 Å². The summed E-state index contributed by atoms with van der Waals surface area (Å²) in [5.74, 6) is -0.851. The van der Waals surface area contributed by atoms with Crippen LogP contribution in [0.1, 0.15) is 13.8 Å². The second kappa shape index (κ2) is 4.05. The number of hydrogen-bond donors (Lipinski definition) is 0. The van der Waals surface area contributed by atoms with Crippen LogP contribution in [0.5, 0.6) is 0 Å². The zero-order valence-corrected chi connectivity index (χ0v) is 8.93. The summed E-state index contributed by atoms with van der Waals surface area (Å²) in [5, 5.41) is 0. The van der Waals surface area contributed by atoms with Gasteiger partial charge in [-0.05, 0) is 13.8 Å². The van der Waals surface area contributed by atoms with E-state index in [9.17, 15) is 21.6 Å². The highest BCUT2D eigenvalue weighted by Gasteiger charge is 2.29. The molecule has 78 valence electrons. The average Bonchev–Trinajstić information content (AvgIpc) is 2.05. The molecule has 0 bridgehead atoms. The van der Waals surface area contributed by atoms with Crippen molar-refractivity contribution >= 4 is 26.5 Å². The lowest BCUT2D eigenvalue weighted by Gasteiger charge is -2.14. The molecule has 6 nitrogen and oxygen atoms in total. The van der Waals surface area contributed by atoms with Gasteiger partial charge in [0.15, 0.2) is 0 Å².